The summed E-state index contributed by atoms with van der Waals surface area (Å²) in [6, 6.07) is 7.53. The van der Waals surface area contributed by atoms with Gasteiger partial charge in [-0.15, -0.1) is 0 Å². The van der Waals surface area contributed by atoms with Crippen molar-refractivity contribution in [1.29, 1.82) is 0 Å². The van der Waals surface area contributed by atoms with Gasteiger partial charge in [0.25, 0.3) is 0 Å². The molecule has 1 aromatic carbocycles. The van der Waals surface area contributed by atoms with Crippen molar-refractivity contribution in [2.75, 3.05) is 37.6 Å². The van der Waals surface area contributed by atoms with Crippen LogP contribution < -0.4 is 10.2 Å². The van der Waals surface area contributed by atoms with E-state index in [-0.39, 0.29) is 11.9 Å². The molecule has 1 fully saturated rings. The molecule has 0 spiro atoms. The van der Waals surface area contributed by atoms with E-state index < -0.39 is 0 Å². The van der Waals surface area contributed by atoms with Gasteiger partial charge in [0.2, 0.25) is 11.9 Å². The average Bonchev–Trinajstić information content (AvgIpc) is 3.01. The first-order valence-electron chi connectivity index (χ1n) is 9.23. The molecule has 0 unspecified atom stereocenters. The molecule has 7 heteroatoms. The monoisotopic (exact) mass is 357 g/mol. The summed E-state index contributed by atoms with van der Waals surface area (Å²) in [5, 5.41) is 3.01. The maximum atomic E-state index is 12.9. The minimum atomic E-state index is -0.150. The van der Waals surface area contributed by atoms with Crippen LogP contribution in [0.5, 0.6) is 0 Å². The molecule has 2 aromatic rings. The molecular weight excluding hydrogens is 330 g/mol. The fourth-order valence-corrected chi connectivity index (χ4v) is 3.19. The molecular formula is C19H27N5O2. The SMILES string of the molecule is CC(=O)N1CCN(c2nc3ccccc3n2C(=O)NCCC(C)C)CC1. The molecule has 0 bridgehead atoms. The topological polar surface area (TPSA) is 70.5 Å². The number of para-hydroxylation sites is 2. The number of nitrogens with zero attached hydrogens (tertiary/aromatic N) is 4. The van der Waals surface area contributed by atoms with E-state index in [9.17, 15) is 9.59 Å². The third-order valence-corrected chi connectivity index (χ3v) is 4.75. The van der Waals surface area contributed by atoms with Gasteiger partial charge in [0.1, 0.15) is 0 Å². The zero-order chi connectivity index (χ0) is 18.7. The second-order valence-corrected chi connectivity index (χ2v) is 7.14. The summed E-state index contributed by atoms with van der Waals surface area (Å²) < 4.78 is 1.67. The van der Waals surface area contributed by atoms with Crippen LogP contribution in [0.15, 0.2) is 24.3 Å². The molecule has 1 aromatic heterocycles. The zero-order valence-electron chi connectivity index (χ0n) is 15.7. The Balaban J connectivity index is 1.85. The van der Waals surface area contributed by atoms with Crippen LogP contribution in [0.25, 0.3) is 11.0 Å². The lowest BCUT2D eigenvalue weighted by molar-refractivity contribution is -0.129. The lowest BCUT2D eigenvalue weighted by atomic mass is 10.1. The average molecular weight is 357 g/mol. The van der Waals surface area contributed by atoms with Gasteiger partial charge in [-0.2, -0.15) is 0 Å². The van der Waals surface area contributed by atoms with Crippen LogP contribution in [0.4, 0.5) is 10.7 Å². The number of imidazole rings is 1. The lowest BCUT2D eigenvalue weighted by Gasteiger charge is -2.34. The van der Waals surface area contributed by atoms with Crippen LogP contribution in [-0.2, 0) is 4.79 Å². The summed E-state index contributed by atoms with van der Waals surface area (Å²) in [6.45, 7) is 9.14. The van der Waals surface area contributed by atoms with Gasteiger partial charge in [0.15, 0.2) is 0 Å². The minimum absolute atomic E-state index is 0.0876. The molecule has 0 saturated carbocycles. The van der Waals surface area contributed by atoms with Gasteiger partial charge in [-0.1, -0.05) is 26.0 Å². The smallest absolute Gasteiger partial charge is 0.328 e. The number of nitrogens with one attached hydrogen (secondary N) is 1. The summed E-state index contributed by atoms with van der Waals surface area (Å²) in [6.07, 6.45) is 0.936. The number of aromatic nitrogens is 2. The third kappa shape index (κ3) is 3.81. The van der Waals surface area contributed by atoms with Gasteiger partial charge < -0.3 is 15.1 Å². The van der Waals surface area contributed by atoms with Crippen molar-refractivity contribution in [3.8, 4) is 0 Å². The number of amides is 2. The van der Waals surface area contributed by atoms with Crippen molar-refractivity contribution in [3.05, 3.63) is 24.3 Å². The number of benzene rings is 1. The van der Waals surface area contributed by atoms with Crippen LogP contribution in [0.1, 0.15) is 27.2 Å². The summed E-state index contributed by atoms with van der Waals surface area (Å²) in [5.74, 6) is 1.27. The maximum Gasteiger partial charge on any atom is 0.328 e. The van der Waals surface area contributed by atoms with Gasteiger partial charge in [-0.25, -0.2) is 14.3 Å². The van der Waals surface area contributed by atoms with Crippen LogP contribution in [-0.4, -0.2) is 59.1 Å². The lowest BCUT2D eigenvalue weighted by Crippen LogP contribution is -2.49. The first-order chi connectivity index (χ1) is 12.5. The van der Waals surface area contributed by atoms with Gasteiger partial charge >= 0.3 is 6.03 Å². The van der Waals surface area contributed by atoms with E-state index in [1.807, 2.05) is 29.2 Å². The fourth-order valence-electron chi connectivity index (χ4n) is 3.19. The van der Waals surface area contributed by atoms with E-state index in [0.29, 0.717) is 44.6 Å². The fraction of sp³-hybridized carbons (Fsp3) is 0.526. The quantitative estimate of drug-likeness (QED) is 0.912. The zero-order valence-corrected chi connectivity index (χ0v) is 15.7. The number of anilines is 1. The van der Waals surface area contributed by atoms with Gasteiger partial charge in [0.05, 0.1) is 11.0 Å². The molecule has 1 saturated heterocycles. The second-order valence-electron chi connectivity index (χ2n) is 7.14. The summed E-state index contributed by atoms with van der Waals surface area (Å²) in [4.78, 5) is 33.0. The molecule has 0 atom stereocenters. The van der Waals surface area contributed by atoms with Crippen LogP contribution in [0.3, 0.4) is 0 Å². The second kappa shape index (κ2) is 7.76. The highest BCUT2D eigenvalue weighted by Gasteiger charge is 2.25. The molecule has 7 nitrogen and oxygen atoms in total. The highest BCUT2D eigenvalue weighted by Crippen LogP contribution is 2.23. The highest BCUT2D eigenvalue weighted by atomic mass is 16.2. The van der Waals surface area contributed by atoms with Crippen LogP contribution in [0, 0.1) is 5.92 Å². The molecule has 3 rings (SSSR count). The Morgan fingerprint density at radius 3 is 2.50 bits per heavy atom. The summed E-state index contributed by atoms with van der Waals surface area (Å²) in [5.41, 5.74) is 1.61. The van der Waals surface area contributed by atoms with E-state index >= 15 is 0 Å². The normalized spacial score (nSPS) is 14.9. The molecule has 2 heterocycles. The van der Waals surface area contributed by atoms with E-state index in [1.54, 1.807) is 11.5 Å². The van der Waals surface area contributed by atoms with E-state index in [4.69, 9.17) is 4.98 Å². The number of hydrogen-bond acceptors (Lipinski definition) is 4. The molecule has 2 amide bonds. The van der Waals surface area contributed by atoms with Gasteiger partial charge in [-0.3, -0.25) is 4.79 Å². The largest absolute Gasteiger partial charge is 0.339 e. The van der Waals surface area contributed by atoms with Crippen molar-refractivity contribution >= 4 is 28.9 Å². The number of carbonyl (C=O) groups excluding carboxylic acids is 2. The Kier molecular flexibility index (Phi) is 5.44. The van der Waals surface area contributed by atoms with Gasteiger partial charge in [0, 0.05) is 39.6 Å². The predicted octanol–water partition coefficient (Wildman–Crippen LogP) is 2.31. The van der Waals surface area contributed by atoms with E-state index in [2.05, 4.69) is 24.1 Å². The van der Waals surface area contributed by atoms with E-state index in [0.717, 1.165) is 17.5 Å². The maximum absolute atomic E-state index is 12.9. The van der Waals surface area contributed by atoms with Crippen molar-refractivity contribution in [2.45, 2.75) is 27.2 Å². The van der Waals surface area contributed by atoms with Crippen molar-refractivity contribution < 1.29 is 9.59 Å². The number of carbonyl (C=O) groups is 2. The first kappa shape index (κ1) is 18.2. The Morgan fingerprint density at radius 2 is 1.85 bits per heavy atom. The van der Waals surface area contributed by atoms with Crippen LogP contribution in [0.2, 0.25) is 0 Å². The number of fused-ring (bicyclic) bond motifs is 1. The van der Waals surface area contributed by atoms with Crippen molar-refractivity contribution in [3.63, 3.8) is 0 Å². The predicted molar refractivity (Wildman–Crippen MR) is 102 cm³/mol. The minimum Gasteiger partial charge on any atom is -0.339 e. The summed E-state index contributed by atoms with van der Waals surface area (Å²) in [7, 11) is 0. The van der Waals surface area contributed by atoms with Gasteiger partial charge in [-0.05, 0) is 24.5 Å². The number of rotatable bonds is 4. The molecule has 1 N–H and O–H groups in total. The Labute approximate surface area is 154 Å². The molecule has 0 aliphatic carbocycles. The molecule has 1 aliphatic rings. The van der Waals surface area contributed by atoms with E-state index in [1.165, 1.54) is 0 Å². The molecule has 26 heavy (non-hydrogen) atoms. The Bertz CT molecular complexity index is 790. The summed E-state index contributed by atoms with van der Waals surface area (Å²) >= 11 is 0. The number of hydrogen-bond donors (Lipinski definition) is 1. The standard InChI is InChI=1S/C19H27N5O2/c1-14(2)8-9-20-19(26)24-17-7-5-4-6-16(17)21-18(24)23-12-10-22(11-13-23)15(3)25/h4-7,14H,8-13H2,1-3H3,(H,20,26). The first-order valence-corrected chi connectivity index (χ1v) is 9.23. The molecule has 140 valence electrons. The Morgan fingerprint density at radius 1 is 1.15 bits per heavy atom. The van der Waals surface area contributed by atoms with Crippen molar-refractivity contribution in [1.82, 2.24) is 19.8 Å². The number of piperazine rings is 1. The van der Waals surface area contributed by atoms with Crippen molar-refractivity contribution in [2.24, 2.45) is 5.92 Å². The molecule has 1 aliphatic heterocycles. The molecule has 0 radical (unpaired) electrons. The van der Waals surface area contributed by atoms with Crippen LogP contribution >= 0.6 is 0 Å². The highest BCUT2D eigenvalue weighted by molar-refractivity contribution is 5.93. The third-order valence-electron chi connectivity index (χ3n) is 4.75. The Hall–Kier alpha value is -2.57.